The number of nitrogens with two attached hydrogens (primary N) is 1. The van der Waals surface area contributed by atoms with E-state index >= 15 is 0 Å². The Morgan fingerprint density at radius 1 is 1.21 bits per heavy atom. The van der Waals surface area contributed by atoms with E-state index in [1.54, 1.807) is 37.6 Å². The molecule has 1 aromatic heterocycles. The first-order valence-corrected chi connectivity index (χ1v) is 6.09. The molecule has 2 N–H and O–H groups in total. The van der Waals surface area contributed by atoms with Gasteiger partial charge in [-0.2, -0.15) is 0 Å². The highest BCUT2D eigenvalue weighted by Gasteiger charge is 2.16. The highest BCUT2D eigenvalue weighted by Crippen LogP contribution is 2.20. The molecule has 4 nitrogen and oxygen atoms in total. The number of nitrogens with zero attached hydrogens (tertiary/aromatic N) is 2. The second-order valence-electron chi connectivity index (χ2n) is 3.98. The van der Waals surface area contributed by atoms with E-state index in [1.165, 1.54) is 4.90 Å². The van der Waals surface area contributed by atoms with Crippen molar-refractivity contribution in [3.8, 4) is 0 Å². The third kappa shape index (κ3) is 2.77. The molecule has 0 saturated carbocycles. The van der Waals surface area contributed by atoms with Crippen LogP contribution in [0.1, 0.15) is 15.9 Å². The first-order valence-electron chi connectivity index (χ1n) is 5.68. The predicted octanol–water partition coefficient (Wildman–Crippen LogP) is 1.99. The zero-order valence-corrected chi connectivity index (χ0v) is 11.2. The number of thiocarbonyl (C=S) groups is 1. The van der Waals surface area contributed by atoms with Crippen LogP contribution in [0.3, 0.4) is 0 Å². The highest BCUT2D eigenvalue weighted by atomic mass is 32.1. The number of rotatable bonds is 3. The molecule has 2 rings (SSSR count). The standard InChI is InChI=1S/C14H13N3OS/c1-17(14(18)10-6-8-16-9-7-10)12-5-3-2-4-11(12)13(15)19/h2-9H,1H3,(H2,15,19). The summed E-state index contributed by atoms with van der Waals surface area (Å²) in [5.41, 5.74) is 7.61. The van der Waals surface area contributed by atoms with E-state index in [9.17, 15) is 4.79 Å². The van der Waals surface area contributed by atoms with Crippen molar-refractivity contribution in [3.05, 3.63) is 59.9 Å². The lowest BCUT2D eigenvalue weighted by Gasteiger charge is -2.20. The molecule has 0 atom stereocenters. The van der Waals surface area contributed by atoms with Gasteiger partial charge >= 0.3 is 0 Å². The third-order valence-electron chi connectivity index (χ3n) is 2.76. The minimum Gasteiger partial charge on any atom is -0.389 e. The van der Waals surface area contributed by atoms with Crippen molar-refractivity contribution in [2.45, 2.75) is 0 Å². The lowest BCUT2D eigenvalue weighted by Crippen LogP contribution is -2.28. The van der Waals surface area contributed by atoms with Gasteiger partial charge in [0.15, 0.2) is 0 Å². The number of hydrogen-bond acceptors (Lipinski definition) is 3. The van der Waals surface area contributed by atoms with Crippen LogP contribution < -0.4 is 10.6 Å². The lowest BCUT2D eigenvalue weighted by atomic mass is 10.1. The van der Waals surface area contributed by atoms with Crippen LogP contribution in [-0.4, -0.2) is 22.9 Å². The van der Waals surface area contributed by atoms with Gasteiger partial charge in [0, 0.05) is 30.6 Å². The number of anilines is 1. The summed E-state index contributed by atoms with van der Waals surface area (Å²) in [6.45, 7) is 0. The normalized spacial score (nSPS) is 9.95. The van der Waals surface area contributed by atoms with Crippen LogP contribution in [-0.2, 0) is 0 Å². The first kappa shape index (κ1) is 13.2. The molecule has 0 fully saturated rings. The lowest BCUT2D eigenvalue weighted by molar-refractivity contribution is 0.0993. The van der Waals surface area contributed by atoms with Gasteiger partial charge in [-0.15, -0.1) is 0 Å². The molecule has 1 aromatic carbocycles. The van der Waals surface area contributed by atoms with E-state index in [0.717, 1.165) is 0 Å². The quantitative estimate of drug-likeness (QED) is 0.867. The summed E-state index contributed by atoms with van der Waals surface area (Å²) in [5, 5.41) is 0. The molecule has 0 saturated heterocycles. The summed E-state index contributed by atoms with van der Waals surface area (Å²) in [6.07, 6.45) is 3.17. The molecule has 0 aliphatic carbocycles. The topological polar surface area (TPSA) is 59.2 Å². The van der Waals surface area contributed by atoms with Crippen molar-refractivity contribution in [2.75, 3.05) is 11.9 Å². The number of amides is 1. The Kier molecular flexibility index (Phi) is 3.87. The van der Waals surface area contributed by atoms with Crippen LogP contribution in [0.2, 0.25) is 0 Å². The van der Waals surface area contributed by atoms with E-state index in [2.05, 4.69) is 4.98 Å². The van der Waals surface area contributed by atoms with Gasteiger partial charge in [-0.3, -0.25) is 9.78 Å². The van der Waals surface area contributed by atoms with Crippen LogP contribution in [0.5, 0.6) is 0 Å². The van der Waals surface area contributed by atoms with Gasteiger partial charge in [0.25, 0.3) is 5.91 Å². The number of pyridine rings is 1. The Balaban J connectivity index is 2.38. The Labute approximate surface area is 116 Å². The Bertz CT molecular complexity index is 613. The molecule has 5 heteroatoms. The minimum absolute atomic E-state index is 0.133. The molecule has 1 amide bonds. The van der Waals surface area contributed by atoms with Gasteiger partial charge in [-0.1, -0.05) is 24.4 Å². The van der Waals surface area contributed by atoms with Crippen molar-refractivity contribution >= 4 is 28.8 Å². The van der Waals surface area contributed by atoms with Crippen LogP contribution >= 0.6 is 12.2 Å². The molecule has 96 valence electrons. The summed E-state index contributed by atoms with van der Waals surface area (Å²) in [7, 11) is 1.69. The predicted molar refractivity (Wildman–Crippen MR) is 79.3 cm³/mol. The van der Waals surface area contributed by atoms with Gasteiger partial charge in [0.1, 0.15) is 4.99 Å². The van der Waals surface area contributed by atoms with Crippen molar-refractivity contribution in [1.82, 2.24) is 4.98 Å². The number of carbonyl (C=O) groups excluding carboxylic acids is 1. The summed E-state index contributed by atoms with van der Waals surface area (Å²) < 4.78 is 0. The SMILES string of the molecule is CN(C(=O)c1ccncc1)c1ccccc1C(N)=S. The molecular formula is C14H13N3OS. The smallest absolute Gasteiger partial charge is 0.258 e. The van der Waals surface area contributed by atoms with Crippen molar-refractivity contribution in [2.24, 2.45) is 5.73 Å². The number of hydrogen-bond donors (Lipinski definition) is 1. The summed E-state index contributed by atoms with van der Waals surface area (Å²) in [4.78, 5) is 18.0. The number of benzene rings is 1. The first-order chi connectivity index (χ1) is 9.11. The molecule has 0 radical (unpaired) electrons. The maximum Gasteiger partial charge on any atom is 0.258 e. The molecule has 0 bridgehead atoms. The minimum atomic E-state index is -0.133. The molecule has 0 aliphatic heterocycles. The summed E-state index contributed by atoms with van der Waals surface area (Å²) in [6, 6.07) is 10.6. The Morgan fingerprint density at radius 3 is 2.47 bits per heavy atom. The second-order valence-corrected chi connectivity index (χ2v) is 4.42. The monoisotopic (exact) mass is 271 g/mol. The van der Waals surface area contributed by atoms with Crippen LogP contribution in [0.15, 0.2) is 48.8 Å². The van der Waals surface area contributed by atoms with Crippen molar-refractivity contribution in [3.63, 3.8) is 0 Å². The molecular weight excluding hydrogens is 258 g/mol. The summed E-state index contributed by atoms with van der Waals surface area (Å²) in [5.74, 6) is -0.133. The molecule has 0 unspecified atom stereocenters. The highest BCUT2D eigenvalue weighted by molar-refractivity contribution is 7.80. The average Bonchev–Trinajstić information content (AvgIpc) is 2.46. The van der Waals surface area contributed by atoms with Gasteiger partial charge < -0.3 is 10.6 Å². The largest absolute Gasteiger partial charge is 0.389 e. The van der Waals surface area contributed by atoms with E-state index in [0.29, 0.717) is 16.8 Å². The fourth-order valence-corrected chi connectivity index (χ4v) is 1.94. The fraction of sp³-hybridized carbons (Fsp3) is 0.0714. The zero-order chi connectivity index (χ0) is 13.8. The maximum atomic E-state index is 12.3. The van der Waals surface area contributed by atoms with Crippen molar-refractivity contribution < 1.29 is 4.79 Å². The van der Waals surface area contributed by atoms with Crippen LogP contribution in [0, 0.1) is 0 Å². The molecule has 19 heavy (non-hydrogen) atoms. The molecule has 2 aromatic rings. The summed E-state index contributed by atoms with van der Waals surface area (Å²) >= 11 is 5.00. The Morgan fingerprint density at radius 2 is 1.84 bits per heavy atom. The van der Waals surface area contributed by atoms with E-state index in [1.807, 2.05) is 18.2 Å². The number of carbonyl (C=O) groups is 1. The fourth-order valence-electron chi connectivity index (χ4n) is 1.77. The van der Waals surface area contributed by atoms with E-state index in [4.69, 9.17) is 18.0 Å². The van der Waals surface area contributed by atoms with Gasteiger partial charge in [0.2, 0.25) is 0 Å². The maximum absolute atomic E-state index is 12.3. The second kappa shape index (κ2) is 5.58. The van der Waals surface area contributed by atoms with Gasteiger partial charge in [0.05, 0.1) is 5.69 Å². The zero-order valence-electron chi connectivity index (χ0n) is 10.4. The van der Waals surface area contributed by atoms with Crippen molar-refractivity contribution in [1.29, 1.82) is 0 Å². The Hall–Kier alpha value is -2.27. The third-order valence-corrected chi connectivity index (χ3v) is 2.98. The average molecular weight is 271 g/mol. The van der Waals surface area contributed by atoms with Gasteiger partial charge in [-0.25, -0.2) is 0 Å². The molecule has 0 aliphatic rings. The van der Waals surface area contributed by atoms with Crippen LogP contribution in [0.4, 0.5) is 5.69 Å². The van der Waals surface area contributed by atoms with Gasteiger partial charge in [-0.05, 0) is 24.3 Å². The van der Waals surface area contributed by atoms with Crippen LogP contribution in [0.25, 0.3) is 0 Å². The molecule has 1 heterocycles. The van der Waals surface area contributed by atoms with E-state index < -0.39 is 0 Å². The number of aromatic nitrogens is 1. The molecule has 0 spiro atoms. The number of para-hydroxylation sites is 1. The van der Waals surface area contributed by atoms with E-state index in [-0.39, 0.29) is 10.9 Å².